The van der Waals surface area contributed by atoms with Crippen LogP contribution in [0, 0.1) is 5.92 Å². The van der Waals surface area contributed by atoms with Crippen LogP contribution in [0.4, 0.5) is 0 Å². The normalized spacial score (nSPS) is 20.7. The highest BCUT2D eigenvalue weighted by Gasteiger charge is 2.22. The molecule has 0 saturated carbocycles. The second-order valence-corrected chi connectivity index (χ2v) is 7.43. The van der Waals surface area contributed by atoms with Crippen molar-refractivity contribution in [3.8, 4) is 0 Å². The van der Waals surface area contributed by atoms with Crippen molar-refractivity contribution in [1.82, 2.24) is 15.2 Å². The molecule has 1 saturated heterocycles. The highest BCUT2D eigenvalue weighted by atomic mass is 32.1. The first-order chi connectivity index (χ1) is 9.69. The molecule has 2 rings (SSSR count). The maximum atomic E-state index is 4.64. The molecule has 4 heteroatoms. The SMILES string of the molecule is CNCCCc1cnc(CC2CCCN(C(C)C)C2)s1. The zero-order valence-corrected chi connectivity index (χ0v) is 14.0. The fourth-order valence-electron chi connectivity index (χ4n) is 2.98. The van der Waals surface area contributed by atoms with Crippen LogP contribution in [0.25, 0.3) is 0 Å². The average molecular weight is 295 g/mol. The van der Waals surface area contributed by atoms with Crippen LogP contribution < -0.4 is 5.32 Å². The number of thiazole rings is 1. The van der Waals surface area contributed by atoms with E-state index in [1.165, 1.54) is 55.1 Å². The largest absolute Gasteiger partial charge is 0.320 e. The average Bonchev–Trinajstić information content (AvgIpc) is 2.87. The molecule has 0 amide bonds. The molecule has 114 valence electrons. The number of nitrogens with zero attached hydrogens (tertiary/aromatic N) is 2. The summed E-state index contributed by atoms with van der Waals surface area (Å²) in [6.45, 7) is 8.25. The first-order valence-electron chi connectivity index (χ1n) is 8.01. The zero-order chi connectivity index (χ0) is 14.4. The predicted octanol–water partition coefficient (Wildman–Crippen LogP) is 2.96. The smallest absolute Gasteiger partial charge is 0.0930 e. The molecule has 3 nitrogen and oxygen atoms in total. The van der Waals surface area contributed by atoms with Gasteiger partial charge in [0, 0.05) is 30.1 Å². The minimum absolute atomic E-state index is 0.686. The molecule has 0 radical (unpaired) electrons. The van der Waals surface area contributed by atoms with Gasteiger partial charge in [0.1, 0.15) is 0 Å². The molecule has 1 aromatic rings. The van der Waals surface area contributed by atoms with Crippen LogP contribution >= 0.6 is 11.3 Å². The van der Waals surface area contributed by atoms with Gasteiger partial charge < -0.3 is 10.2 Å². The lowest BCUT2D eigenvalue weighted by Gasteiger charge is -2.35. The van der Waals surface area contributed by atoms with Gasteiger partial charge in [-0.25, -0.2) is 4.98 Å². The molecule has 1 aliphatic rings. The Balaban J connectivity index is 1.80. The van der Waals surface area contributed by atoms with Gasteiger partial charge in [-0.1, -0.05) is 0 Å². The molecular weight excluding hydrogens is 266 g/mol. The summed E-state index contributed by atoms with van der Waals surface area (Å²) in [4.78, 5) is 8.71. The van der Waals surface area contributed by atoms with Crippen molar-refractivity contribution in [3.63, 3.8) is 0 Å². The van der Waals surface area contributed by atoms with Crippen molar-refractivity contribution in [3.05, 3.63) is 16.1 Å². The second kappa shape index (κ2) is 8.11. The van der Waals surface area contributed by atoms with Gasteiger partial charge in [-0.2, -0.15) is 0 Å². The molecule has 0 bridgehead atoms. The summed E-state index contributed by atoms with van der Waals surface area (Å²) < 4.78 is 0. The molecule has 0 spiro atoms. The van der Waals surface area contributed by atoms with E-state index in [4.69, 9.17) is 0 Å². The number of hydrogen-bond acceptors (Lipinski definition) is 4. The van der Waals surface area contributed by atoms with Crippen LogP contribution in [0.2, 0.25) is 0 Å². The van der Waals surface area contributed by atoms with E-state index in [9.17, 15) is 0 Å². The van der Waals surface area contributed by atoms with Crippen LogP contribution in [0.15, 0.2) is 6.20 Å². The third-order valence-corrected chi connectivity index (χ3v) is 5.27. The summed E-state index contributed by atoms with van der Waals surface area (Å²) in [5, 5.41) is 4.55. The summed E-state index contributed by atoms with van der Waals surface area (Å²) >= 11 is 1.93. The monoisotopic (exact) mass is 295 g/mol. The molecule has 1 atom stereocenters. The van der Waals surface area contributed by atoms with E-state index in [1.807, 2.05) is 18.4 Å². The van der Waals surface area contributed by atoms with Gasteiger partial charge in [-0.3, -0.25) is 0 Å². The number of aryl methyl sites for hydroxylation is 1. The first kappa shape index (κ1) is 15.9. The molecule has 1 unspecified atom stereocenters. The Morgan fingerprint density at radius 3 is 3.10 bits per heavy atom. The number of likely N-dealkylation sites (tertiary alicyclic amines) is 1. The quantitative estimate of drug-likeness (QED) is 0.784. The van der Waals surface area contributed by atoms with E-state index < -0.39 is 0 Å². The third kappa shape index (κ3) is 4.83. The van der Waals surface area contributed by atoms with Gasteiger partial charge in [0.15, 0.2) is 0 Å². The Kier molecular flexibility index (Phi) is 6.46. The Labute approximate surface area is 127 Å². The molecule has 1 N–H and O–H groups in total. The third-order valence-electron chi connectivity index (χ3n) is 4.20. The van der Waals surface area contributed by atoms with E-state index in [0.29, 0.717) is 6.04 Å². The van der Waals surface area contributed by atoms with Crippen molar-refractivity contribution in [2.24, 2.45) is 5.92 Å². The van der Waals surface area contributed by atoms with Gasteiger partial charge >= 0.3 is 0 Å². The second-order valence-electron chi connectivity index (χ2n) is 6.23. The van der Waals surface area contributed by atoms with Gasteiger partial charge in [0.25, 0.3) is 0 Å². The summed E-state index contributed by atoms with van der Waals surface area (Å²) in [5.41, 5.74) is 0. The number of hydrogen-bond donors (Lipinski definition) is 1. The van der Waals surface area contributed by atoms with Crippen molar-refractivity contribution in [1.29, 1.82) is 0 Å². The molecule has 0 aromatic carbocycles. The lowest BCUT2D eigenvalue weighted by Crippen LogP contribution is -2.40. The van der Waals surface area contributed by atoms with E-state index in [2.05, 4.69) is 35.2 Å². The van der Waals surface area contributed by atoms with Crippen LogP contribution in [0.1, 0.15) is 43.0 Å². The fourth-order valence-corrected chi connectivity index (χ4v) is 4.06. The van der Waals surface area contributed by atoms with Crippen molar-refractivity contribution >= 4 is 11.3 Å². The lowest BCUT2D eigenvalue weighted by atomic mass is 9.94. The van der Waals surface area contributed by atoms with Crippen LogP contribution in [-0.4, -0.2) is 42.6 Å². The van der Waals surface area contributed by atoms with E-state index in [-0.39, 0.29) is 0 Å². The Morgan fingerprint density at radius 1 is 1.50 bits per heavy atom. The van der Waals surface area contributed by atoms with Crippen LogP contribution in [0.5, 0.6) is 0 Å². The first-order valence-corrected chi connectivity index (χ1v) is 8.83. The maximum absolute atomic E-state index is 4.64. The summed E-state index contributed by atoms with van der Waals surface area (Å²) in [5.74, 6) is 0.808. The molecule has 1 aromatic heterocycles. The van der Waals surface area contributed by atoms with Crippen LogP contribution in [0.3, 0.4) is 0 Å². The van der Waals surface area contributed by atoms with Gasteiger partial charge in [-0.05, 0) is 65.6 Å². The summed E-state index contributed by atoms with van der Waals surface area (Å²) in [7, 11) is 2.02. The van der Waals surface area contributed by atoms with E-state index in [0.717, 1.165) is 12.5 Å². The van der Waals surface area contributed by atoms with Gasteiger partial charge in [-0.15, -0.1) is 11.3 Å². The van der Waals surface area contributed by atoms with Gasteiger partial charge in [0.05, 0.1) is 5.01 Å². The van der Waals surface area contributed by atoms with E-state index >= 15 is 0 Å². The number of piperidine rings is 1. The number of aromatic nitrogens is 1. The molecule has 2 heterocycles. The lowest BCUT2D eigenvalue weighted by molar-refractivity contribution is 0.139. The summed E-state index contributed by atoms with van der Waals surface area (Å²) in [6, 6.07) is 0.686. The Hall–Kier alpha value is -0.450. The number of nitrogens with one attached hydrogen (secondary N) is 1. The predicted molar refractivity (Wildman–Crippen MR) is 87.5 cm³/mol. The highest BCUT2D eigenvalue weighted by molar-refractivity contribution is 7.11. The molecule has 0 aliphatic carbocycles. The molecule has 1 aliphatic heterocycles. The van der Waals surface area contributed by atoms with Crippen LogP contribution in [-0.2, 0) is 12.8 Å². The van der Waals surface area contributed by atoms with E-state index in [1.54, 1.807) is 0 Å². The maximum Gasteiger partial charge on any atom is 0.0930 e. The highest BCUT2D eigenvalue weighted by Crippen LogP contribution is 2.24. The zero-order valence-electron chi connectivity index (χ0n) is 13.2. The number of rotatable bonds is 7. The molecule has 20 heavy (non-hydrogen) atoms. The minimum atomic E-state index is 0.686. The fraction of sp³-hybridized carbons (Fsp3) is 0.812. The standard InChI is InChI=1S/C16H29N3S/c1-13(2)19-9-5-6-14(12-19)10-16-18-11-15(20-16)7-4-8-17-3/h11,13-14,17H,4-10,12H2,1-3H3. The Bertz CT molecular complexity index is 389. The van der Waals surface area contributed by atoms with Gasteiger partial charge in [0.2, 0.25) is 0 Å². The van der Waals surface area contributed by atoms with Crippen molar-refractivity contribution in [2.75, 3.05) is 26.7 Å². The van der Waals surface area contributed by atoms with Crippen molar-refractivity contribution in [2.45, 2.75) is 52.0 Å². The minimum Gasteiger partial charge on any atom is -0.320 e. The Morgan fingerprint density at radius 2 is 2.35 bits per heavy atom. The molecular formula is C16H29N3S. The molecule has 1 fully saturated rings. The topological polar surface area (TPSA) is 28.2 Å². The van der Waals surface area contributed by atoms with Crippen molar-refractivity contribution < 1.29 is 0 Å². The summed E-state index contributed by atoms with van der Waals surface area (Å²) in [6.07, 6.45) is 8.38.